The molecule has 0 atom stereocenters. The van der Waals surface area contributed by atoms with E-state index in [-0.39, 0.29) is 22.9 Å². The van der Waals surface area contributed by atoms with Crippen LogP contribution in [0.25, 0.3) is 23.1 Å². The maximum absolute atomic E-state index is 13.8. The van der Waals surface area contributed by atoms with Crippen LogP contribution < -0.4 is 5.32 Å². The van der Waals surface area contributed by atoms with E-state index in [0.717, 1.165) is 0 Å². The summed E-state index contributed by atoms with van der Waals surface area (Å²) in [5.41, 5.74) is 0.872. The number of halogens is 1. The molecule has 0 aliphatic carbocycles. The molecule has 0 aliphatic rings. The van der Waals surface area contributed by atoms with E-state index < -0.39 is 11.7 Å². The van der Waals surface area contributed by atoms with Gasteiger partial charge in [-0.15, -0.1) is 10.2 Å². The summed E-state index contributed by atoms with van der Waals surface area (Å²) in [5.74, 6) is -0.551. The lowest BCUT2D eigenvalue weighted by molar-refractivity contribution is 0.102. The molecule has 1 amide bonds. The van der Waals surface area contributed by atoms with Gasteiger partial charge in [0.05, 0.1) is 23.5 Å². The maximum atomic E-state index is 13.8. The highest BCUT2D eigenvalue weighted by molar-refractivity contribution is 6.04. The van der Waals surface area contributed by atoms with Crippen LogP contribution in [0.15, 0.2) is 69.7 Å². The quantitative estimate of drug-likeness (QED) is 0.572. The van der Waals surface area contributed by atoms with Crippen LogP contribution in [0.1, 0.15) is 15.9 Å². The van der Waals surface area contributed by atoms with Gasteiger partial charge in [0.15, 0.2) is 5.76 Å². The van der Waals surface area contributed by atoms with Gasteiger partial charge in [0.1, 0.15) is 5.82 Å². The second-order valence-corrected chi connectivity index (χ2v) is 5.73. The number of nitrogens with one attached hydrogen (secondary N) is 1. The number of nitriles is 1. The van der Waals surface area contributed by atoms with Gasteiger partial charge in [0, 0.05) is 11.3 Å². The number of carbonyl (C=O) groups excluding carboxylic acids is 1. The molecule has 2 heterocycles. The van der Waals surface area contributed by atoms with Crippen molar-refractivity contribution in [1.82, 2.24) is 10.2 Å². The molecule has 0 saturated carbocycles. The Kier molecular flexibility index (Phi) is 4.40. The third-order valence-corrected chi connectivity index (χ3v) is 3.84. The van der Waals surface area contributed by atoms with Crippen molar-refractivity contribution in [2.75, 3.05) is 5.32 Å². The molecule has 0 saturated heterocycles. The average Bonchev–Trinajstić information content (AvgIpc) is 3.39. The summed E-state index contributed by atoms with van der Waals surface area (Å²) in [6.45, 7) is 0. The number of rotatable bonds is 4. The average molecular weight is 374 g/mol. The van der Waals surface area contributed by atoms with Crippen molar-refractivity contribution in [2.24, 2.45) is 0 Å². The standard InChI is InChI=1S/C20H11FN4O3/c21-16-5-2-1-4-15(16)18(26)23-14-9-12(11-22)8-13(10-14)19-24-25-20(28-19)17-6-3-7-27-17/h1-10H,(H,23,26). The predicted molar refractivity (Wildman–Crippen MR) is 96.5 cm³/mol. The molecule has 136 valence electrons. The summed E-state index contributed by atoms with van der Waals surface area (Å²) < 4.78 is 24.6. The van der Waals surface area contributed by atoms with Crippen LogP contribution in [-0.4, -0.2) is 16.1 Å². The van der Waals surface area contributed by atoms with Crippen molar-refractivity contribution >= 4 is 11.6 Å². The van der Waals surface area contributed by atoms with E-state index in [9.17, 15) is 14.4 Å². The fraction of sp³-hybridized carbons (Fsp3) is 0. The first-order chi connectivity index (χ1) is 13.6. The Morgan fingerprint density at radius 2 is 1.89 bits per heavy atom. The largest absolute Gasteiger partial charge is 0.459 e. The Morgan fingerprint density at radius 1 is 1.07 bits per heavy atom. The number of hydrogen-bond acceptors (Lipinski definition) is 6. The predicted octanol–water partition coefficient (Wildman–Crippen LogP) is 4.26. The summed E-state index contributed by atoms with van der Waals surface area (Å²) in [4.78, 5) is 12.3. The van der Waals surface area contributed by atoms with Gasteiger partial charge in [0.25, 0.3) is 11.8 Å². The lowest BCUT2D eigenvalue weighted by atomic mass is 10.1. The zero-order valence-corrected chi connectivity index (χ0v) is 14.2. The Hall–Kier alpha value is -4.25. The number of carbonyl (C=O) groups is 1. The van der Waals surface area contributed by atoms with Crippen molar-refractivity contribution in [1.29, 1.82) is 5.26 Å². The van der Waals surface area contributed by atoms with Gasteiger partial charge in [-0.05, 0) is 42.5 Å². The SMILES string of the molecule is N#Cc1cc(NC(=O)c2ccccc2F)cc(-c2nnc(-c3ccco3)o2)c1. The summed E-state index contributed by atoms with van der Waals surface area (Å²) in [7, 11) is 0. The van der Waals surface area contributed by atoms with Crippen LogP contribution in [0.2, 0.25) is 0 Å². The minimum Gasteiger partial charge on any atom is -0.459 e. The molecule has 2 aromatic heterocycles. The first kappa shape index (κ1) is 17.2. The zero-order chi connectivity index (χ0) is 19.5. The second-order valence-electron chi connectivity index (χ2n) is 5.73. The van der Waals surface area contributed by atoms with Crippen molar-refractivity contribution in [3.63, 3.8) is 0 Å². The number of amides is 1. The van der Waals surface area contributed by atoms with Gasteiger partial charge in [-0.3, -0.25) is 4.79 Å². The van der Waals surface area contributed by atoms with Crippen molar-refractivity contribution < 1.29 is 18.0 Å². The molecule has 7 nitrogen and oxygen atoms in total. The van der Waals surface area contributed by atoms with E-state index in [1.807, 2.05) is 6.07 Å². The van der Waals surface area contributed by atoms with E-state index in [0.29, 0.717) is 17.0 Å². The lowest BCUT2D eigenvalue weighted by Crippen LogP contribution is -2.13. The monoisotopic (exact) mass is 374 g/mol. The number of nitrogens with zero attached hydrogens (tertiary/aromatic N) is 3. The van der Waals surface area contributed by atoms with Gasteiger partial charge in [-0.1, -0.05) is 12.1 Å². The second kappa shape index (κ2) is 7.17. The van der Waals surface area contributed by atoms with Crippen molar-refractivity contribution in [2.45, 2.75) is 0 Å². The number of furan rings is 1. The van der Waals surface area contributed by atoms with Gasteiger partial charge in [-0.25, -0.2) is 4.39 Å². The molecule has 2 aromatic carbocycles. The zero-order valence-electron chi connectivity index (χ0n) is 14.2. The minimum atomic E-state index is -0.642. The maximum Gasteiger partial charge on any atom is 0.283 e. The van der Waals surface area contributed by atoms with Crippen molar-refractivity contribution in [3.8, 4) is 29.2 Å². The molecular weight excluding hydrogens is 363 g/mol. The van der Waals surface area contributed by atoms with Crippen molar-refractivity contribution in [3.05, 3.63) is 77.8 Å². The van der Waals surface area contributed by atoms with Crippen LogP contribution in [0.4, 0.5) is 10.1 Å². The molecule has 1 N–H and O–H groups in total. The highest BCUT2D eigenvalue weighted by Crippen LogP contribution is 2.27. The van der Waals surface area contributed by atoms with E-state index in [2.05, 4.69) is 15.5 Å². The molecule has 0 fully saturated rings. The summed E-state index contributed by atoms with van der Waals surface area (Å²) >= 11 is 0. The van der Waals surface area contributed by atoms with E-state index in [1.54, 1.807) is 24.3 Å². The number of benzene rings is 2. The van der Waals surface area contributed by atoms with E-state index in [1.165, 1.54) is 36.6 Å². The van der Waals surface area contributed by atoms with Gasteiger partial charge in [0.2, 0.25) is 5.89 Å². The molecule has 0 aliphatic heterocycles. The Labute approximate surface area is 158 Å². The molecular formula is C20H11FN4O3. The molecule has 28 heavy (non-hydrogen) atoms. The Balaban J connectivity index is 1.66. The molecule has 8 heteroatoms. The van der Waals surface area contributed by atoms with E-state index >= 15 is 0 Å². The first-order valence-electron chi connectivity index (χ1n) is 8.13. The number of hydrogen-bond donors (Lipinski definition) is 1. The first-order valence-corrected chi connectivity index (χ1v) is 8.13. The number of anilines is 1. The molecule has 4 rings (SSSR count). The smallest absolute Gasteiger partial charge is 0.283 e. The van der Waals surface area contributed by atoms with Crippen LogP contribution in [0, 0.1) is 17.1 Å². The Morgan fingerprint density at radius 3 is 2.64 bits per heavy atom. The van der Waals surface area contributed by atoms with Gasteiger partial charge >= 0.3 is 0 Å². The highest BCUT2D eigenvalue weighted by atomic mass is 19.1. The third-order valence-electron chi connectivity index (χ3n) is 3.84. The summed E-state index contributed by atoms with van der Waals surface area (Å²) in [6.07, 6.45) is 1.48. The lowest BCUT2D eigenvalue weighted by Gasteiger charge is -2.08. The minimum absolute atomic E-state index is 0.107. The molecule has 0 bridgehead atoms. The van der Waals surface area contributed by atoms with Crippen LogP contribution >= 0.6 is 0 Å². The molecule has 0 spiro atoms. The van der Waals surface area contributed by atoms with Gasteiger partial charge < -0.3 is 14.2 Å². The molecule has 0 radical (unpaired) electrons. The summed E-state index contributed by atoms with van der Waals surface area (Å²) in [6, 6.07) is 15.5. The topological polar surface area (TPSA) is 105 Å². The summed E-state index contributed by atoms with van der Waals surface area (Å²) in [5, 5.41) is 19.7. The highest BCUT2D eigenvalue weighted by Gasteiger charge is 2.16. The van der Waals surface area contributed by atoms with Crippen LogP contribution in [-0.2, 0) is 0 Å². The normalized spacial score (nSPS) is 10.4. The van der Waals surface area contributed by atoms with Crippen LogP contribution in [0.5, 0.6) is 0 Å². The molecule has 0 unspecified atom stereocenters. The fourth-order valence-electron chi connectivity index (χ4n) is 2.57. The third kappa shape index (κ3) is 3.37. The van der Waals surface area contributed by atoms with E-state index in [4.69, 9.17) is 8.83 Å². The fourth-order valence-corrected chi connectivity index (χ4v) is 2.57. The van der Waals surface area contributed by atoms with Crippen LogP contribution in [0.3, 0.4) is 0 Å². The number of aromatic nitrogens is 2. The molecule has 4 aromatic rings. The Bertz CT molecular complexity index is 1190. The van der Waals surface area contributed by atoms with Gasteiger partial charge in [-0.2, -0.15) is 5.26 Å².